The van der Waals surface area contributed by atoms with E-state index in [1.807, 2.05) is 63.1 Å². The molecule has 2 aromatic carbocycles. The third kappa shape index (κ3) is 4.86. The molecule has 0 saturated heterocycles. The van der Waals surface area contributed by atoms with Crippen LogP contribution in [0.2, 0.25) is 5.02 Å². The van der Waals surface area contributed by atoms with Crippen molar-refractivity contribution in [3.63, 3.8) is 0 Å². The summed E-state index contributed by atoms with van der Waals surface area (Å²) in [5, 5.41) is 4.58. The van der Waals surface area contributed by atoms with Crippen LogP contribution in [0.5, 0.6) is 5.75 Å². The second-order valence-corrected chi connectivity index (χ2v) is 6.60. The Labute approximate surface area is 154 Å². The zero-order valence-corrected chi connectivity index (χ0v) is 16.1. The molecular weight excluding hydrogens is 340 g/mol. The minimum Gasteiger partial charge on any atom is -0.494 e. The molecule has 24 heavy (non-hydrogen) atoms. The van der Waals surface area contributed by atoms with Gasteiger partial charge in [-0.15, -0.1) is 0 Å². The Morgan fingerprint density at radius 1 is 1.21 bits per heavy atom. The average Bonchev–Trinajstić information content (AvgIpc) is 2.52. The molecule has 0 unspecified atom stereocenters. The van der Waals surface area contributed by atoms with Gasteiger partial charge in [0, 0.05) is 13.6 Å². The normalized spacial score (nSPS) is 10.4. The number of rotatable bonds is 5. The molecule has 3 nitrogen and oxygen atoms in total. The molecule has 0 amide bonds. The predicted molar refractivity (Wildman–Crippen MR) is 106 cm³/mol. The summed E-state index contributed by atoms with van der Waals surface area (Å²) in [6, 6.07) is 12.1. The highest BCUT2D eigenvalue weighted by molar-refractivity contribution is 7.80. The van der Waals surface area contributed by atoms with E-state index in [4.69, 9.17) is 28.6 Å². The molecule has 0 saturated carbocycles. The second-order valence-electron chi connectivity index (χ2n) is 5.80. The Morgan fingerprint density at radius 3 is 2.46 bits per heavy atom. The monoisotopic (exact) mass is 362 g/mol. The minimum atomic E-state index is 0.637. The first kappa shape index (κ1) is 18.6. The number of benzene rings is 2. The first-order chi connectivity index (χ1) is 11.4. The van der Waals surface area contributed by atoms with Crippen molar-refractivity contribution in [2.24, 2.45) is 0 Å². The molecule has 1 N–H and O–H groups in total. The van der Waals surface area contributed by atoms with Crippen LogP contribution in [0, 0.1) is 13.8 Å². The number of nitrogens with one attached hydrogen (secondary N) is 1. The Balaban J connectivity index is 2.02. The minimum absolute atomic E-state index is 0.637. The van der Waals surface area contributed by atoms with Crippen LogP contribution in [0.4, 0.5) is 5.69 Å². The molecule has 0 atom stereocenters. The number of hydrogen-bond donors (Lipinski definition) is 1. The SMILES string of the molecule is CCOc1ccc(CN(C)C(=S)Nc2c(C)cc(C)cc2Cl)cc1. The average molecular weight is 363 g/mol. The summed E-state index contributed by atoms with van der Waals surface area (Å²) in [6.45, 7) is 7.41. The van der Waals surface area contributed by atoms with Crippen LogP contribution in [-0.2, 0) is 6.54 Å². The van der Waals surface area contributed by atoms with Crippen molar-refractivity contribution in [3.8, 4) is 5.75 Å². The van der Waals surface area contributed by atoms with Crippen LogP contribution in [0.1, 0.15) is 23.6 Å². The van der Waals surface area contributed by atoms with Gasteiger partial charge < -0.3 is 15.0 Å². The fourth-order valence-electron chi connectivity index (χ4n) is 2.48. The summed E-state index contributed by atoms with van der Waals surface area (Å²) >= 11 is 11.8. The molecule has 0 aliphatic heterocycles. The Bertz CT molecular complexity index is 693. The highest BCUT2D eigenvalue weighted by Gasteiger charge is 2.10. The summed E-state index contributed by atoms with van der Waals surface area (Å²) in [5.74, 6) is 0.881. The van der Waals surface area contributed by atoms with Gasteiger partial charge in [-0.2, -0.15) is 0 Å². The van der Waals surface area contributed by atoms with Crippen LogP contribution in [0.3, 0.4) is 0 Å². The molecule has 0 aliphatic rings. The number of halogens is 1. The molecule has 0 fully saturated rings. The molecule has 0 spiro atoms. The van der Waals surface area contributed by atoms with Crippen molar-refractivity contribution >= 4 is 34.6 Å². The predicted octanol–water partition coefficient (Wildman–Crippen LogP) is 5.18. The summed E-state index contributed by atoms with van der Waals surface area (Å²) in [5.41, 5.74) is 4.25. The van der Waals surface area contributed by atoms with E-state index in [1.165, 1.54) is 0 Å². The standard InChI is InChI=1S/C19H23ClN2OS/c1-5-23-16-8-6-15(7-9-16)12-22(4)19(24)21-18-14(3)10-13(2)11-17(18)20/h6-11H,5,12H2,1-4H3,(H,21,24). The van der Waals surface area contributed by atoms with Crippen LogP contribution in [0.25, 0.3) is 0 Å². The summed E-state index contributed by atoms with van der Waals surface area (Å²) < 4.78 is 5.46. The Morgan fingerprint density at radius 2 is 1.88 bits per heavy atom. The smallest absolute Gasteiger partial charge is 0.173 e. The van der Waals surface area contributed by atoms with Gasteiger partial charge in [0.15, 0.2) is 5.11 Å². The van der Waals surface area contributed by atoms with E-state index in [0.29, 0.717) is 23.3 Å². The second kappa shape index (κ2) is 8.36. The summed E-state index contributed by atoms with van der Waals surface area (Å²) in [7, 11) is 1.96. The van der Waals surface area contributed by atoms with Crippen LogP contribution >= 0.6 is 23.8 Å². The maximum absolute atomic E-state index is 6.34. The highest BCUT2D eigenvalue weighted by Crippen LogP contribution is 2.27. The van der Waals surface area contributed by atoms with Gasteiger partial charge in [0.1, 0.15) is 5.75 Å². The van der Waals surface area contributed by atoms with Crippen molar-refractivity contribution in [1.29, 1.82) is 0 Å². The fourth-order valence-corrected chi connectivity index (χ4v) is 3.01. The molecule has 2 rings (SSSR count). The maximum atomic E-state index is 6.34. The first-order valence-corrected chi connectivity index (χ1v) is 8.70. The Kier molecular flexibility index (Phi) is 6.46. The lowest BCUT2D eigenvalue weighted by Crippen LogP contribution is -2.30. The summed E-state index contributed by atoms with van der Waals surface area (Å²) in [4.78, 5) is 1.99. The number of ether oxygens (including phenoxy) is 1. The van der Waals surface area contributed by atoms with Gasteiger partial charge in [-0.3, -0.25) is 0 Å². The van der Waals surface area contributed by atoms with E-state index >= 15 is 0 Å². The van der Waals surface area contributed by atoms with Gasteiger partial charge in [0.2, 0.25) is 0 Å². The largest absolute Gasteiger partial charge is 0.494 e. The van der Waals surface area contributed by atoms with Crippen molar-refractivity contribution < 1.29 is 4.74 Å². The molecule has 0 heterocycles. The summed E-state index contributed by atoms with van der Waals surface area (Å²) in [6.07, 6.45) is 0. The van der Waals surface area contributed by atoms with E-state index in [2.05, 4.69) is 11.4 Å². The van der Waals surface area contributed by atoms with Crippen molar-refractivity contribution in [1.82, 2.24) is 4.90 Å². The molecule has 5 heteroatoms. The lowest BCUT2D eigenvalue weighted by molar-refractivity contribution is 0.340. The van der Waals surface area contributed by atoms with E-state index in [9.17, 15) is 0 Å². The topological polar surface area (TPSA) is 24.5 Å². The zero-order chi connectivity index (χ0) is 17.7. The van der Waals surface area contributed by atoms with Gasteiger partial charge in [0.05, 0.1) is 17.3 Å². The lowest BCUT2D eigenvalue weighted by Gasteiger charge is -2.23. The number of anilines is 1. The number of aryl methyl sites for hydroxylation is 2. The third-order valence-corrected chi connectivity index (χ3v) is 4.38. The van der Waals surface area contributed by atoms with Gasteiger partial charge in [-0.1, -0.05) is 29.8 Å². The molecule has 0 bridgehead atoms. The molecule has 128 valence electrons. The van der Waals surface area contributed by atoms with E-state index in [1.54, 1.807) is 0 Å². The van der Waals surface area contributed by atoms with Crippen molar-refractivity contribution in [2.75, 3.05) is 19.0 Å². The van der Waals surface area contributed by atoms with Crippen LogP contribution in [0.15, 0.2) is 36.4 Å². The zero-order valence-electron chi connectivity index (χ0n) is 14.5. The molecule has 0 radical (unpaired) electrons. The molecule has 0 aromatic heterocycles. The molecule has 2 aromatic rings. The fraction of sp³-hybridized carbons (Fsp3) is 0.316. The Hall–Kier alpha value is -1.78. The maximum Gasteiger partial charge on any atom is 0.173 e. The van der Waals surface area contributed by atoms with E-state index in [-0.39, 0.29) is 0 Å². The first-order valence-electron chi connectivity index (χ1n) is 7.91. The van der Waals surface area contributed by atoms with Crippen molar-refractivity contribution in [2.45, 2.75) is 27.3 Å². The van der Waals surface area contributed by atoms with Gasteiger partial charge in [-0.25, -0.2) is 0 Å². The highest BCUT2D eigenvalue weighted by atomic mass is 35.5. The third-order valence-electron chi connectivity index (χ3n) is 3.66. The lowest BCUT2D eigenvalue weighted by atomic mass is 10.1. The number of thiocarbonyl (C=S) groups is 1. The number of hydrogen-bond acceptors (Lipinski definition) is 2. The molecular formula is C19H23ClN2OS. The van der Waals surface area contributed by atoms with E-state index < -0.39 is 0 Å². The molecule has 0 aliphatic carbocycles. The number of nitrogens with zero attached hydrogens (tertiary/aromatic N) is 1. The van der Waals surface area contributed by atoms with Crippen molar-refractivity contribution in [3.05, 3.63) is 58.1 Å². The van der Waals surface area contributed by atoms with Gasteiger partial charge in [0.25, 0.3) is 0 Å². The van der Waals surface area contributed by atoms with Crippen LogP contribution < -0.4 is 10.1 Å². The van der Waals surface area contributed by atoms with Gasteiger partial charge >= 0.3 is 0 Å². The van der Waals surface area contributed by atoms with Gasteiger partial charge in [-0.05, 0) is 67.9 Å². The van der Waals surface area contributed by atoms with Crippen LogP contribution in [-0.4, -0.2) is 23.7 Å². The van der Waals surface area contributed by atoms with E-state index in [0.717, 1.165) is 28.1 Å². The quantitative estimate of drug-likeness (QED) is 0.740.